The van der Waals surface area contributed by atoms with Crippen LogP contribution in [0.15, 0.2) is 42.6 Å². The molecule has 0 aliphatic rings. The highest BCUT2D eigenvalue weighted by Gasteiger charge is 2.11. The third-order valence-electron chi connectivity index (χ3n) is 2.90. The highest BCUT2D eigenvalue weighted by molar-refractivity contribution is 6.17. The highest BCUT2D eigenvalue weighted by Crippen LogP contribution is 2.17. The zero-order valence-corrected chi connectivity index (χ0v) is 11.6. The number of nitrogens with zero attached hydrogens (tertiary/aromatic N) is 5. The van der Waals surface area contributed by atoms with Crippen LogP contribution in [0.5, 0.6) is 0 Å². The molecular formula is C14H12ClN5. The predicted molar refractivity (Wildman–Crippen MR) is 76.7 cm³/mol. The number of alkyl halides is 1. The molecule has 0 atom stereocenters. The van der Waals surface area contributed by atoms with Crippen LogP contribution in [0.25, 0.3) is 17.1 Å². The van der Waals surface area contributed by atoms with E-state index in [0.29, 0.717) is 11.7 Å². The molecule has 0 aliphatic carbocycles. The number of pyridine rings is 1. The first-order valence-corrected chi connectivity index (χ1v) is 6.68. The fourth-order valence-corrected chi connectivity index (χ4v) is 2.09. The molecular weight excluding hydrogens is 274 g/mol. The van der Waals surface area contributed by atoms with Crippen molar-refractivity contribution in [2.24, 2.45) is 0 Å². The van der Waals surface area contributed by atoms with E-state index in [9.17, 15) is 0 Å². The van der Waals surface area contributed by atoms with Crippen LogP contribution in [-0.4, -0.2) is 25.2 Å². The first-order valence-electron chi connectivity index (χ1n) is 6.15. The number of hydrogen-bond acceptors (Lipinski definition) is 4. The maximum absolute atomic E-state index is 5.93. The van der Waals surface area contributed by atoms with Crippen molar-refractivity contribution < 1.29 is 0 Å². The molecule has 3 rings (SSSR count). The van der Waals surface area contributed by atoms with Gasteiger partial charge < -0.3 is 0 Å². The quantitative estimate of drug-likeness (QED) is 0.694. The Balaban J connectivity index is 2.04. The summed E-state index contributed by atoms with van der Waals surface area (Å²) in [7, 11) is 0. The van der Waals surface area contributed by atoms with Gasteiger partial charge in [0.05, 0.1) is 11.6 Å². The molecule has 2 heterocycles. The van der Waals surface area contributed by atoms with E-state index in [1.54, 1.807) is 6.20 Å². The molecule has 0 aliphatic heterocycles. The second-order valence-corrected chi connectivity index (χ2v) is 4.62. The molecule has 0 fully saturated rings. The first-order chi connectivity index (χ1) is 9.78. The molecule has 5 nitrogen and oxygen atoms in total. The Labute approximate surface area is 121 Å². The molecule has 1 aromatic carbocycles. The van der Waals surface area contributed by atoms with Crippen molar-refractivity contribution in [3.63, 3.8) is 0 Å². The normalized spacial score (nSPS) is 10.7. The summed E-state index contributed by atoms with van der Waals surface area (Å²) < 4.78 is 0. The molecule has 3 aromatic rings. The Hall–Kier alpha value is -2.27. The Kier molecular flexibility index (Phi) is 3.43. The van der Waals surface area contributed by atoms with Gasteiger partial charge in [-0.25, -0.2) is 0 Å². The van der Waals surface area contributed by atoms with Gasteiger partial charge in [-0.2, -0.15) is 0 Å². The van der Waals surface area contributed by atoms with Gasteiger partial charge in [-0.3, -0.25) is 4.98 Å². The third-order valence-corrected chi connectivity index (χ3v) is 3.19. The van der Waals surface area contributed by atoms with Gasteiger partial charge >= 0.3 is 0 Å². The number of rotatable bonds is 3. The fourth-order valence-electron chi connectivity index (χ4n) is 1.88. The average molecular weight is 286 g/mol. The number of hydrogen-bond donors (Lipinski definition) is 0. The molecule has 20 heavy (non-hydrogen) atoms. The Morgan fingerprint density at radius 3 is 2.75 bits per heavy atom. The molecule has 0 saturated carbocycles. The van der Waals surface area contributed by atoms with Crippen LogP contribution in [0.2, 0.25) is 0 Å². The van der Waals surface area contributed by atoms with E-state index >= 15 is 0 Å². The zero-order valence-electron chi connectivity index (χ0n) is 10.9. The number of aryl methyl sites for hydroxylation is 1. The first kappa shape index (κ1) is 12.7. The van der Waals surface area contributed by atoms with Crippen molar-refractivity contribution in [2.75, 3.05) is 0 Å². The molecule has 0 spiro atoms. The van der Waals surface area contributed by atoms with Gasteiger partial charge in [0.25, 0.3) is 0 Å². The van der Waals surface area contributed by atoms with Crippen LogP contribution in [0.4, 0.5) is 0 Å². The lowest BCUT2D eigenvalue weighted by Gasteiger charge is -2.05. The van der Waals surface area contributed by atoms with Gasteiger partial charge in [0.15, 0.2) is 0 Å². The summed E-state index contributed by atoms with van der Waals surface area (Å²) in [5.74, 6) is 0.936. The lowest BCUT2D eigenvalue weighted by atomic mass is 10.2. The van der Waals surface area contributed by atoms with Gasteiger partial charge in [-0.1, -0.05) is 30.3 Å². The van der Waals surface area contributed by atoms with E-state index in [0.717, 1.165) is 22.5 Å². The number of aromatic nitrogens is 5. The van der Waals surface area contributed by atoms with Crippen molar-refractivity contribution >= 4 is 11.6 Å². The lowest BCUT2D eigenvalue weighted by Crippen LogP contribution is -2.04. The summed E-state index contributed by atoms with van der Waals surface area (Å²) in [6, 6.07) is 11.6. The number of halogens is 1. The van der Waals surface area contributed by atoms with Crippen molar-refractivity contribution in [1.29, 1.82) is 0 Å². The minimum atomic E-state index is 0.352. The summed E-state index contributed by atoms with van der Waals surface area (Å²) >= 11 is 5.93. The second-order valence-electron chi connectivity index (χ2n) is 4.36. The standard InChI is InChI=1S/C14H12ClN5/c1-10-7-13(12(8-15)9-16-10)20-18-14(17-19-20)11-5-3-2-4-6-11/h2-7,9H,8H2,1H3. The van der Waals surface area contributed by atoms with Gasteiger partial charge in [0.1, 0.15) is 0 Å². The smallest absolute Gasteiger partial charge is 0.205 e. The van der Waals surface area contributed by atoms with Crippen molar-refractivity contribution in [2.45, 2.75) is 12.8 Å². The second kappa shape index (κ2) is 5.38. The molecule has 0 amide bonds. The van der Waals surface area contributed by atoms with E-state index in [-0.39, 0.29) is 0 Å². The average Bonchev–Trinajstić information content (AvgIpc) is 2.98. The molecule has 0 unspecified atom stereocenters. The topological polar surface area (TPSA) is 56.5 Å². The van der Waals surface area contributed by atoms with E-state index in [2.05, 4.69) is 20.4 Å². The van der Waals surface area contributed by atoms with Gasteiger partial charge in [-0.05, 0) is 18.2 Å². The van der Waals surface area contributed by atoms with E-state index in [1.165, 1.54) is 4.80 Å². The fraction of sp³-hybridized carbons (Fsp3) is 0.143. The van der Waals surface area contributed by atoms with Gasteiger partial charge in [-0.15, -0.1) is 26.6 Å². The van der Waals surface area contributed by atoms with Crippen molar-refractivity contribution in [1.82, 2.24) is 25.2 Å². The summed E-state index contributed by atoms with van der Waals surface area (Å²) in [6.45, 7) is 1.91. The maximum atomic E-state index is 5.93. The third kappa shape index (κ3) is 2.40. The number of tetrazole rings is 1. The van der Waals surface area contributed by atoms with Crippen LogP contribution in [-0.2, 0) is 5.88 Å². The lowest BCUT2D eigenvalue weighted by molar-refractivity contribution is 0.712. The summed E-state index contributed by atoms with van der Waals surface area (Å²) in [4.78, 5) is 5.72. The molecule has 0 radical (unpaired) electrons. The van der Waals surface area contributed by atoms with E-state index in [1.807, 2.05) is 43.3 Å². The summed E-state index contributed by atoms with van der Waals surface area (Å²) in [5, 5.41) is 12.6. The molecule has 100 valence electrons. The van der Waals surface area contributed by atoms with E-state index < -0.39 is 0 Å². The molecule has 0 saturated heterocycles. The molecule has 2 aromatic heterocycles. The monoisotopic (exact) mass is 285 g/mol. The highest BCUT2D eigenvalue weighted by atomic mass is 35.5. The summed E-state index contributed by atoms with van der Waals surface area (Å²) in [5.41, 5.74) is 3.49. The van der Waals surface area contributed by atoms with Crippen molar-refractivity contribution in [3.05, 3.63) is 53.9 Å². The summed E-state index contributed by atoms with van der Waals surface area (Å²) in [6.07, 6.45) is 1.74. The zero-order chi connectivity index (χ0) is 13.9. The predicted octanol–water partition coefficient (Wildman–Crippen LogP) is 2.77. The number of benzene rings is 1. The minimum Gasteiger partial charge on any atom is -0.261 e. The van der Waals surface area contributed by atoms with Crippen LogP contribution < -0.4 is 0 Å². The Morgan fingerprint density at radius 2 is 2.00 bits per heavy atom. The Morgan fingerprint density at radius 1 is 1.20 bits per heavy atom. The minimum absolute atomic E-state index is 0.352. The maximum Gasteiger partial charge on any atom is 0.205 e. The molecule has 0 bridgehead atoms. The van der Waals surface area contributed by atoms with E-state index in [4.69, 9.17) is 11.6 Å². The Bertz CT molecular complexity index is 723. The van der Waals surface area contributed by atoms with Gasteiger partial charge in [0, 0.05) is 23.0 Å². The van der Waals surface area contributed by atoms with Crippen LogP contribution in [0, 0.1) is 6.92 Å². The molecule has 0 N–H and O–H groups in total. The largest absolute Gasteiger partial charge is 0.261 e. The van der Waals surface area contributed by atoms with Crippen LogP contribution >= 0.6 is 11.6 Å². The van der Waals surface area contributed by atoms with Crippen molar-refractivity contribution in [3.8, 4) is 17.1 Å². The van der Waals surface area contributed by atoms with Crippen LogP contribution in [0.1, 0.15) is 11.3 Å². The molecule has 6 heteroatoms. The SMILES string of the molecule is Cc1cc(-n2nnc(-c3ccccc3)n2)c(CCl)cn1. The van der Waals surface area contributed by atoms with Gasteiger partial charge in [0.2, 0.25) is 5.82 Å². The van der Waals surface area contributed by atoms with Crippen LogP contribution in [0.3, 0.4) is 0 Å².